The van der Waals surface area contributed by atoms with Crippen molar-refractivity contribution < 1.29 is 22.4 Å². The number of unbranched alkanes of at least 4 members (excludes halogenated alkanes) is 1. The van der Waals surface area contributed by atoms with Crippen LogP contribution < -0.4 is 16.0 Å². The van der Waals surface area contributed by atoms with Crippen molar-refractivity contribution >= 4 is 27.5 Å². The molecule has 3 N–H and O–H groups in total. The Labute approximate surface area is 145 Å². The lowest BCUT2D eigenvalue weighted by Crippen LogP contribution is -2.39. The zero-order valence-corrected chi connectivity index (χ0v) is 14.3. The van der Waals surface area contributed by atoms with Crippen molar-refractivity contribution in [1.29, 1.82) is 0 Å². The molecule has 9 heteroatoms. The minimum atomic E-state index is -3.25. The van der Waals surface area contributed by atoms with Crippen molar-refractivity contribution in [3.05, 3.63) is 30.1 Å². The second-order valence-corrected chi connectivity index (χ2v) is 8.66. The van der Waals surface area contributed by atoms with E-state index in [0.717, 1.165) is 0 Å². The van der Waals surface area contributed by atoms with Crippen LogP contribution in [0.2, 0.25) is 0 Å². The van der Waals surface area contributed by atoms with Crippen LogP contribution >= 0.6 is 0 Å². The third-order valence-electron chi connectivity index (χ3n) is 4.61. The summed E-state index contributed by atoms with van der Waals surface area (Å²) < 4.78 is 37.8. The van der Waals surface area contributed by atoms with E-state index in [1.54, 1.807) is 6.07 Å². The summed E-state index contributed by atoms with van der Waals surface area (Å²) in [6.07, 6.45) is 1.59. The van der Waals surface area contributed by atoms with Gasteiger partial charge in [0.15, 0.2) is 9.84 Å². The van der Waals surface area contributed by atoms with Gasteiger partial charge in [0.2, 0.25) is 5.91 Å². The fraction of sp³-hybridized carbons (Fsp3) is 0.500. The molecule has 25 heavy (non-hydrogen) atoms. The third kappa shape index (κ3) is 3.92. The number of rotatable bonds is 6. The molecule has 0 aromatic heterocycles. The van der Waals surface area contributed by atoms with Gasteiger partial charge in [-0.1, -0.05) is 18.6 Å². The van der Waals surface area contributed by atoms with Crippen molar-refractivity contribution in [3.63, 3.8) is 0 Å². The number of para-hydroxylation sites is 1. The monoisotopic (exact) mass is 369 g/mol. The summed E-state index contributed by atoms with van der Waals surface area (Å²) in [7, 11) is -3.25. The summed E-state index contributed by atoms with van der Waals surface area (Å²) in [6.45, 7) is 0. The van der Waals surface area contributed by atoms with E-state index in [1.165, 1.54) is 18.2 Å². The fourth-order valence-electron chi connectivity index (χ4n) is 3.41. The molecule has 0 radical (unpaired) electrons. The van der Waals surface area contributed by atoms with E-state index < -0.39 is 26.9 Å². The number of amides is 3. The first-order chi connectivity index (χ1) is 11.9. The third-order valence-corrected chi connectivity index (χ3v) is 6.89. The summed E-state index contributed by atoms with van der Waals surface area (Å²) in [5, 5.41) is 7.15. The number of urea groups is 1. The van der Waals surface area contributed by atoms with Gasteiger partial charge >= 0.3 is 6.03 Å². The molecule has 0 spiro atoms. The van der Waals surface area contributed by atoms with Gasteiger partial charge in [-0.2, -0.15) is 0 Å². The Bertz CT molecular complexity index is 783. The number of hydrogen-bond donors (Lipinski definition) is 3. The summed E-state index contributed by atoms with van der Waals surface area (Å²) in [6, 6.07) is 4.81. The van der Waals surface area contributed by atoms with E-state index in [1.807, 2.05) is 0 Å². The molecule has 0 bridgehead atoms. The molecule has 3 rings (SSSR count). The molecule has 1 aromatic rings. The highest BCUT2D eigenvalue weighted by atomic mass is 32.2. The fourth-order valence-corrected chi connectivity index (χ4v) is 5.68. The van der Waals surface area contributed by atoms with Crippen LogP contribution in [0.25, 0.3) is 0 Å². The van der Waals surface area contributed by atoms with Gasteiger partial charge in [-0.3, -0.25) is 4.79 Å². The number of sulfone groups is 1. The van der Waals surface area contributed by atoms with Crippen LogP contribution in [0, 0.1) is 5.82 Å². The Morgan fingerprint density at radius 2 is 2.00 bits per heavy atom. The van der Waals surface area contributed by atoms with Crippen LogP contribution in [0.1, 0.15) is 25.7 Å². The van der Waals surface area contributed by atoms with Gasteiger partial charge in [0, 0.05) is 6.42 Å². The molecule has 0 aliphatic carbocycles. The number of fused-ring (bicyclic) bond motifs is 1. The summed E-state index contributed by atoms with van der Waals surface area (Å²) in [5.74, 6) is -0.856. The quantitative estimate of drug-likeness (QED) is 0.517. The zero-order chi connectivity index (χ0) is 18.0. The molecular formula is C16H20FN3O4S. The topological polar surface area (TPSA) is 104 Å². The molecule has 136 valence electrons. The Morgan fingerprint density at radius 3 is 2.76 bits per heavy atom. The van der Waals surface area contributed by atoms with Crippen LogP contribution in [0.15, 0.2) is 24.3 Å². The molecule has 0 unspecified atom stereocenters. The smallest absolute Gasteiger partial charge is 0.315 e. The van der Waals surface area contributed by atoms with Crippen molar-refractivity contribution in [2.75, 3.05) is 11.1 Å². The number of halogens is 1. The normalized spacial score (nSPS) is 26.6. The maximum absolute atomic E-state index is 13.5. The molecule has 0 saturated carbocycles. The molecule has 2 heterocycles. The van der Waals surface area contributed by atoms with E-state index in [4.69, 9.17) is 0 Å². The lowest BCUT2D eigenvalue weighted by atomic mass is 10.0. The first-order valence-electron chi connectivity index (χ1n) is 8.20. The Hall–Kier alpha value is -2.16. The number of carbonyl (C=O) groups is 2. The number of carbonyl (C=O) groups excluding carboxylic acids is 2. The molecule has 2 saturated heterocycles. The molecular weight excluding hydrogens is 349 g/mol. The summed E-state index contributed by atoms with van der Waals surface area (Å²) in [4.78, 5) is 23.2. The first kappa shape index (κ1) is 17.7. The van der Waals surface area contributed by atoms with Gasteiger partial charge < -0.3 is 16.0 Å². The highest BCUT2D eigenvalue weighted by Crippen LogP contribution is 2.28. The van der Waals surface area contributed by atoms with Crippen LogP contribution in [-0.4, -0.2) is 43.4 Å². The molecule has 1 aromatic carbocycles. The first-order valence-corrected chi connectivity index (χ1v) is 9.91. The number of benzene rings is 1. The van der Waals surface area contributed by atoms with E-state index in [9.17, 15) is 22.4 Å². The lowest BCUT2D eigenvalue weighted by molar-refractivity contribution is -0.116. The summed E-state index contributed by atoms with van der Waals surface area (Å²) in [5.41, 5.74) is 0.133. The number of hydrogen-bond acceptors (Lipinski definition) is 4. The second-order valence-electron chi connectivity index (χ2n) is 6.39. The molecule has 3 atom stereocenters. The average Bonchev–Trinajstić information content (AvgIpc) is 2.98. The van der Waals surface area contributed by atoms with Gasteiger partial charge in [0.05, 0.1) is 28.8 Å². The van der Waals surface area contributed by atoms with Gasteiger partial charge in [-0.15, -0.1) is 0 Å². The van der Waals surface area contributed by atoms with Crippen molar-refractivity contribution in [2.24, 2.45) is 0 Å². The highest BCUT2D eigenvalue weighted by Gasteiger charge is 2.51. The van der Waals surface area contributed by atoms with E-state index >= 15 is 0 Å². The molecule has 2 fully saturated rings. The Morgan fingerprint density at radius 1 is 1.24 bits per heavy atom. The summed E-state index contributed by atoms with van der Waals surface area (Å²) >= 11 is 0. The number of nitrogens with one attached hydrogen (secondary N) is 3. The van der Waals surface area contributed by atoms with Crippen LogP contribution in [-0.2, 0) is 14.6 Å². The SMILES string of the molecule is O=C(CCCC[C@@H]1[C@H]2NC(=O)N[C@@H]2CS1(=O)=O)Nc1ccccc1F. The standard InChI is InChI=1S/C16H20FN3O4S/c17-10-5-1-2-6-11(10)18-14(21)8-4-3-7-13-15-12(9-25(13,23)24)19-16(22)20-15/h1-2,5-6,12-13,15H,3-4,7-9H2,(H,18,21)(H2,19,20,22)/t12-,13-,15+/m1/s1. The minimum Gasteiger partial charge on any atom is -0.332 e. The van der Waals surface area contributed by atoms with Gasteiger partial charge in [0.1, 0.15) is 5.82 Å². The van der Waals surface area contributed by atoms with E-state index in [-0.39, 0.29) is 35.8 Å². The van der Waals surface area contributed by atoms with Crippen LogP contribution in [0.4, 0.5) is 14.9 Å². The maximum atomic E-state index is 13.5. The second kappa shape index (κ2) is 6.99. The molecule has 7 nitrogen and oxygen atoms in total. The lowest BCUT2D eigenvalue weighted by Gasteiger charge is -2.16. The van der Waals surface area contributed by atoms with Gasteiger partial charge in [-0.25, -0.2) is 17.6 Å². The predicted octanol–water partition coefficient (Wildman–Crippen LogP) is 1.17. The predicted molar refractivity (Wildman–Crippen MR) is 90.3 cm³/mol. The van der Waals surface area contributed by atoms with E-state index in [0.29, 0.717) is 19.3 Å². The number of anilines is 1. The van der Waals surface area contributed by atoms with Gasteiger partial charge in [0.25, 0.3) is 0 Å². The zero-order valence-electron chi connectivity index (χ0n) is 13.5. The Balaban J connectivity index is 1.46. The van der Waals surface area contributed by atoms with Crippen molar-refractivity contribution in [2.45, 2.75) is 43.0 Å². The highest BCUT2D eigenvalue weighted by molar-refractivity contribution is 7.92. The van der Waals surface area contributed by atoms with Crippen molar-refractivity contribution in [1.82, 2.24) is 10.6 Å². The molecule has 3 amide bonds. The molecule has 2 aliphatic rings. The largest absolute Gasteiger partial charge is 0.332 e. The molecule has 2 aliphatic heterocycles. The average molecular weight is 369 g/mol. The van der Waals surface area contributed by atoms with Crippen LogP contribution in [0.3, 0.4) is 0 Å². The minimum absolute atomic E-state index is 0.0468. The van der Waals surface area contributed by atoms with Crippen molar-refractivity contribution in [3.8, 4) is 0 Å². The maximum Gasteiger partial charge on any atom is 0.315 e. The van der Waals surface area contributed by atoms with Gasteiger partial charge in [-0.05, 0) is 25.0 Å². The Kier molecular flexibility index (Phi) is 4.94. The van der Waals surface area contributed by atoms with E-state index in [2.05, 4.69) is 16.0 Å². The van der Waals surface area contributed by atoms with Crippen LogP contribution in [0.5, 0.6) is 0 Å².